The molecule has 0 aliphatic rings. The molecule has 1 atom stereocenters. The minimum atomic E-state index is -2.97. The summed E-state index contributed by atoms with van der Waals surface area (Å²) >= 11 is 0. The molecule has 0 spiro atoms. The molecule has 5 nitrogen and oxygen atoms in total. The second-order valence-corrected chi connectivity index (χ2v) is 7.51. The van der Waals surface area contributed by atoms with E-state index in [1.54, 1.807) is 11.9 Å². The number of rotatable bonds is 8. The van der Waals surface area contributed by atoms with Gasteiger partial charge in [0.2, 0.25) is 5.91 Å². The van der Waals surface area contributed by atoms with Crippen molar-refractivity contribution in [2.24, 2.45) is 11.7 Å². The van der Waals surface area contributed by atoms with E-state index in [2.05, 4.69) is 13.8 Å². The molecule has 108 valence electrons. The van der Waals surface area contributed by atoms with Gasteiger partial charge in [0.25, 0.3) is 0 Å². The van der Waals surface area contributed by atoms with E-state index in [1.165, 1.54) is 6.26 Å². The number of carbonyl (C=O) groups excluding carboxylic acids is 1. The predicted octanol–water partition coefficient (Wildman–Crippen LogP) is 0.643. The fourth-order valence-corrected chi connectivity index (χ4v) is 2.15. The van der Waals surface area contributed by atoms with E-state index in [0.717, 1.165) is 6.42 Å². The molecule has 0 aliphatic heterocycles. The summed E-state index contributed by atoms with van der Waals surface area (Å²) in [7, 11) is -1.24. The van der Waals surface area contributed by atoms with Gasteiger partial charge >= 0.3 is 0 Å². The quantitative estimate of drug-likeness (QED) is 0.706. The first kappa shape index (κ1) is 17.4. The van der Waals surface area contributed by atoms with Gasteiger partial charge in [-0.1, -0.05) is 13.8 Å². The first-order valence-electron chi connectivity index (χ1n) is 6.30. The van der Waals surface area contributed by atoms with E-state index in [4.69, 9.17) is 5.73 Å². The molecule has 0 radical (unpaired) electrons. The van der Waals surface area contributed by atoms with E-state index in [1.807, 2.05) is 0 Å². The highest BCUT2D eigenvalue weighted by Crippen LogP contribution is 2.05. The molecule has 2 N–H and O–H groups in total. The molecule has 6 heteroatoms. The topological polar surface area (TPSA) is 80.5 Å². The largest absolute Gasteiger partial charge is 0.346 e. The lowest BCUT2D eigenvalue weighted by Crippen LogP contribution is -2.34. The fourth-order valence-electron chi connectivity index (χ4n) is 1.48. The van der Waals surface area contributed by atoms with Crippen LogP contribution in [0.1, 0.15) is 33.1 Å². The first-order valence-corrected chi connectivity index (χ1v) is 8.37. The molecule has 0 fully saturated rings. The average Bonchev–Trinajstić information content (AvgIpc) is 2.23. The zero-order chi connectivity index (χ0) is 14.3. The van der Waals surface area contributed by atoms with Crippen molar-refractivity contribution >= 4 is 15.7 Å². The van der Waals surface area contributed by atoms with Gasteiger partial charge in [0, 0.05) is 32.3 Å². The monoisotopic (exact) mass is 278 g/mol. The molecule has 1 unspecified atom stereocenters. The standard InChI is InChI=1S/C12H26N2O3S/c1-10(2)11(13)7-8-14(3)12(15)6-5-9-18(4,16)17/h10-11H,5-9,13H2,1-4H3. The molecule has 0 rings (SSSR count). The predicted molar refractivity (Wildman–Crippen MR) is 74.0 cm³/mol. The smallest absolute Gasteiger partial charge is 0.222 e. The fraction of sp³-hybridized carbons (Fsp3) is 0.917. The molecule has 0 saturated heterocycles. The molecule has 0 aromatic heterocycles. The van der Waals surface area contributed by atoms with Gasteiger partial charge in [-0.3, -0.25) is 4.79 Å². The lowest BCUT2D eigenvalue weighted by molar-refractivity contribution is -0.130. The maximum atomic E-state index is 11.7. The summed E-state index contributed by atoms with van der Waals surface area (Å²) in [5.74, 6) is 0.450. The second kappa shape index (κ2) is 7.74. The molecule has 0 bridgehead atoms. The van der Waals surface area contributed by atoms with E-state index in [0.29, 0.717) is 18.9 Å². The number of amides is 1. The lowest BCUT2D eigenvalue weighted by Gasteiger charge is -2.21. The number of carbonyl (C=O) groups is 1. The van der Waals surface area contributed by atoms with Crippen LogP contribution in [-0.2, 0) is 14.6 Å². The van der Waals surface area contributed by atoms with Gasteiger partial charge in [0.15, 0.2) is 0 Å². The molecule has 0 heterocycles. The number of nitrogens with two attached hydrogens (primary N) is 1. The number of sulfone groups is 1. The summed E-state index contributed by atoms with van der Waals surface area (Å²) in [6.07, 6.45) is 2.62. The van der Waals surface area contributed by atoms with Crippen molar-refractivity contribution in [1.82, 2.24) is 4.90 Å². The molecule has 0 aliphatic carbocycles. The molecular weight excluding hydrogens is 252 g/mol. The van der Waals surface area contributed by atoms with Gasteiger partial charge in [-0.05, 0) is 18.8 Å². The summed E-state index contributed by atoms with van der Waals surface area (Å²) in [5, 5.41) is 0. The van der Waals surface area contributed by atoms with E-state index >= 15 is 0 Å². The zero-order valence-corrected chi connectivity index (χ0v) is 12.7. The number of hydrogen-bond acceptors (Lipinski definition) is 4. The third-order valence-corrected chi connectivity index (χ3v) is 4.02. The van der Waals surface area contributed by atoms with Crippen LogP contribution < -0.4 is 5.73 Å². The van der Waals surface area contributed by atoms with Gasteiger partial charge in [-0.25, -0.2) is 8.42 Å². The van der Waals surface area contributed by atoms with Gasteiger partial charge in [-0.2, -0.15) is 0 Å². The first-order chi connectivity index (χ1) is 8.13. The Morgan fingerprint density at radius 3 is 2.33 bits per heavy atom. The van der Waals surface area contributed by atoms with Gasteiger partial charge in [0.1, 0.15) is 9.84 Å². The number of hydrogen-bond donors (Lipinski definition) is 1. The maximum Gasteiger partial charge on any atom is 0.222 e. The minimum Gasteiger partial charge on any atom is -0.346 e. The van der Waals surface area contributed by atoms with E-state index < -0.39 is 9.84 Å². The van der Waals surface area contributed by atoms with Crippen molar-refractivity contribution in [3.63, 3.8) is 0 Å². The van der Waals surface area contributed by atoms with Crippen LogP contribution in [0.3, 0.4) is 0 Å². The summed E-state index contributed by atoms with van der Waals surface area (Å²) < 4.78 is 21.9. The Balaban J connectivity index is 3.90. The van der Waals surface area contributed by atoms with Crippen LogP contribution >= 0.6 is 0 Å². The highest BCUT2D eigenvalue weighted by atomic mass is 32.2. The zero-order valence-electron chi connectivity index (χ0n) is 11.8. The lowest BCUT2D eigenvalue weighted by atomic mass is 10.0. The van der Waals surface area contributed by atoms with Crippen molar-refractivity contribution in [3.8, 4) is 0 Å². The maximum absolute atomic E-state index is 11.7. The molecule has 1 amide bonds. The Bertz CT molecular complexity index is 352. The molecular formula is C12H26N2O3S. The Morgan fingerprint density at radius 2 is 1.89 bits per heavy atom. The van der Waals surface area contributed by atoms with Crippen LogP contribution in [0.15, 0.2) is 0 Å². The molecule has 18 heavy (non-hydrogen) atoms. The molecule has 0 aromatic rings. The highest BCUT2D eigenvalue weighted by molar-refractivity contribution is 7.90. The van der Waals surface area contributed by atoms with Crippen LogP contribution in [-0.4, -0.2) is 50.9 Å². The van der Waals surface area contributed by atoms with Crippen molar-refractivity contribution in [2.75, 3.05) is 25.6 Å². The van der Waals surface area contributed by atoms with E-state index in [-0.39, 0.29) is 24.1 Å². The summed E-state index contributed by atoms with van der Waals surface area (Å²) in [4.78, 5) is 13.3. The minimum absolute atomic E-state index is 0.0189. The Morgan fingerprint density at radius 1 is 1.33 bits per heavy atom. The Labute approximate surface area is 111 Å². The second-order valence-electron chi connectivity index (χ2n) is 5.25. The van der Waals surface area contributed by atoms with Crippen molar-refractivity contribution in [3.05, 3.63) is 0 Å². The Hall–Kier alpha value is -0.620. The SMILES string of the molecule is CC(C)C(N)CCN(C)C(=O)CCCS(C)(=O)=O. The molecule has 0 aromatic carbocycles. The van der Waals surface area contributed by atoms with Crippen LogP contribution in [0.2, 0.25) is 0 Å². The number of nitrogens with zero attached hydrogens (tertiary/aromatic N) is 1. The summed E-state index contributed by atoms with van der Waals surface area (Å²) in [6, 6.07) is 0.0938. The highest BCUT2D eigenvalue weighted by Gasteiger charge is 2.13. The van der Waals surface area contributed by atoms with Gasteiger partial charge < -0.3 is 10.6 Å². The third-order valence-electron chi connectivity index (χ3n) is 2.99. The van der Waals surface area contributed by atoms with Crippen molar-refractivity contribution in [1.29, 1.82) is 0 Å². The molecule has 0 saturated carbocycles. The van der Waals surface area contributed by atoms with E-state index in [9.17, 15) is 13.2 Å². The van der Waals surface area contributed by atoms with Gasteiger partial charge in [0.05, 0.1) is 5.75 Å². The average molecular weight is 278 g/mol. The van der Waals surface area contributed by atoms with Crippen LogP contribution in [0, 0.1) is 5.92 Å². The summed E-state index contributed by atoms with van der Waals surface area (Å²) in [6.45, 7) is 4.73. The van der Waals surface area contributed by atoms with Crippen LogP contribution in [0.4, 0.5) is 0 Å². The summed E-state index contributed by atoms with van der Waals surface area (Å²) in [5.41, 5.74) is 5.90. The third kappa shape index (κ3) is 8.47. The van der Waals surface area contributed by atoms with Crippen LogP contribution in [0.5, 0.6) is 0 Å². The normalized spacial score (nSPS) is 13.7. The van der Waals surface area contributed by atoms with Crippen molar-refractivity contribution < 1.29 is 13.2 Å². The van der Waals surface area contributed by atoms with Crippen LogP contribution in [0.25, 0.3) is 0 Å². The van der Waals surface area contributed by atoms with Crippen molar-refractivity contribution in [2.45, 2.75) is 39.2 Å². The Kier molecular flexibility index (Phi) is 7.47. The van der Waals surface area contributed by atoms with Gasteiger partial charge in [-0.15, -0.1) is 0 Å².